The zero-order chi connectivity index (χ0) is 22.0. The predicted molar refractivity (Wildman–Crippen MR) is 124 cm³/mol. The molecule has 0 radical (unpaired) electrons. The van der Waals surface area contributed by atoms with Gasteiger partial charge in [-0.15, -0.1) is 11.3 Å². The molecule has 2 heterocycles. The van der Waals surface area contributed by atoms with Crippen molar-refractivity contribution in [2.24, 2.45) is 0 Å². The van der Waals surface area contributed by atoms with Crippen molar-refractivity contribution in [1.29, 1.82) is 0 Å². The smallest absolute Gasteiger partial charge is 0.356 e. The van der Waals surface area contributed by atoms with Crippen LogP contribution >= 0.6 is 23.1 Å². The Labute approximate surface area is 187 Å². The number of carbonyl (C=O) groups is 1. The number of rotatable bonds is 6. The summed E-state index contributed by atoms with van der Waals surface area (Å²) in [5, 5.41) is 1.24. The minimum Gasteiger partial charge on any atom is -0.493 e. The summed E-state index contributed by atoms with van der Waals surface area (Å²) in [6.45, 7) is 0. The van der Waals surface area contributed by atoms with E-state index in [9.17, 15) is 4.79 Å². The highest BCUT2D eigenvalue weighted by Crippen LogP contribution is 2.41. The Balaban J connectivity index is 1.81. The number of thiophene rings is 1. The number of ether oxygens (including phenoxy) is 3. The third kappa shape index (κ3) is 3.89. The van der Waals surface area contributed by atoms with Crippen LogP contribution in [-0.4, -0.2) is 36.4 Å². The molecular formula is C22H19N3O4S2. The lowest BCUT2D eigenvalue weighted by atomic mass is 10.1. The van der Waals surface area contributed by atoms with Crippen LogP contribution in [0.1, 0.15) is 9.67 Å². The molecule has 0 amide bonds. The predicted octanol–water partition coefficient (Wildman–Crippen LogP) is 4.90. The van der Waals surface area contributed by atoms with Gasteiger partial charge >= 0.3 is 5.97 Å². The van der Waals surface area contributed by atoms with Crippen LogP contribution in [0, 0.1) is 0 Å². The van der Waals surface area contributed by atoms with E-state index in [1.165, 1.54) is 37.3 Å². The van der Waals surface area contributed by atoms with Crippen LogP contribution in [0.5, 0.6) is 17.2 Å². The Hall–Kier alpha value is -3.30. The van der Waals surface area contributed by atoms with Crippen LogP contribution in [0.4, 0.5) is 5.69 Å². The number of nitrogen functional groups attached to an aromatic ring is 1. The van der Waals surface area contributed by atoms with E-state index in [0.29, 0.717) is 38.3 Å². The van der Waals surface area contributed by atoms with Gasteiger partial charge < -0.3 is 19.9 Å². The van der Waals surface area contributed by atoms with Crippen molar-refractivity contribution in [3.63, 3.8) is 0 Å². The average Bonchev–Trinajstić information content (AvgIpc) is 3.15. The maximum absolute atomic E-state index is 13.0. The second-order valence-corrected chi connectivity index (χ2v) is 8.10. The fraction of sp³-hybridized carbons (Fsp3) is 0.136. The number of hydrogen-bond acceptors (Lipinski definition) is 9. The first-order valence-electron chi connectivity index (χ1n) is 9.20. The maximum Gasteiger partial charge on any atom is 0.356 e. The summed E-state index contributed by atoms with van der Waals surface area (Å²) in [4.78, 5) is 23.1. The van der Waals surface area contributed by atoms with Crippen molar-refractivity contribution in [1.82, 2.24) is 9.97 Å². The van der Waals surface area contributed by atoms with E-state index in [2.05, 4.69) is 9.97 Å². The molecule has 0 bridgehead atoms. The van der Waals surface area contributed by atoms with Crippen molar-refractivity contribution in [3.8, 4) is 28.5 Å². The summed E-state index contributed by atoms with van der Waals surface area (Å²) in [6, 6.07) is 14.7. The van der Waals surface area contributed by atoms with Gasteiger partial charge in [0.15, 0.2) is 16.7 Å². The number of aromatic nitrogens is 2. The summed E-state index contributed by atoms with van der Waals surface area (Å²) >= 11 is 2.60. The van der Waals surface area contributed by atoms with Crippen molar-refractivity contribution in [2.45, 2.75) is 5.16 Å². The molecule has 0 saturated carbocycles. The largest absolute Gasteiger partial charge is 0.493 e. The number of nitrogens with two attached hydrogens (primary N) is 1. The van der Waals surface area contributed by atoms with Gasteiger partial charge in [-0.3, -0.25) is 0 Å². The number of methoxy groups -OCH3 is 2. The van der Waals surface area contributed by atoms with Gasteiger partial charge in [0.25, 0.3) is 0 Å². The van der Waals surface area contributed by atoms with Gasteiger partial charge in [-0.2, -0.15) is 0 Å². The SMILES string of the molecule is COc1cccc(OC(=O)c2sc3nc(SC)nc(-c4ccccc4)c3c2N)c1OC. The Morgan fingerprint density at radius 3 is 2.42 bits per heavy atom. The van der Waals surface area contributed by atoms with Gasteiger partial charge in [-0.05, 0) is 18.4 Å². The second-order valence-electron chi connectivity index (χ2n) is 6.33. The zero-order valence-corrected chi connectivity index (χ0v) is 18.7. The number of fused-ring (bicyclic) bond motifs is 1. The Kier molecular flexibility index (Phi) is 5.97. The molecule has 0 aliphatic rings. The van der Waals surface area contributed by atoms with E-state index in [1.54, 1.807) is 18.2 Å². The topological polar surface area (TPSA) is 96.6 Å². The van der Waals surface area contributed by atoms with E-state index < -0.39 is 5.97 Å². The average molecular weight is 454 g/mol. The third-order valence-corrected chi connectivity index (χ3v) is 6.18. The summed E-state index contributed by atoms with van der Waals surface area (Å²) < 4.78 is 16.2. The van der Waals surface area contributed by atoms with Crippen molar-refractivity contribution in [3.05, 3.63) is 53.4 Å². The molecule has 0 fully saturated rings. The van der Waals surface area contributed by atoms with E-state index in [4.69, 9.17) is 19.9 Å². The van der Waals surface area contributed by atoms with Crippen molar-refractivity contribution >= 4 is 45.0 Å². The molecule has 4 rings (SSSR count). The van der Waals surface area contributed by atoms with Gasteiger partial charge in [0.2, 0.25) is 5.75 Å². The summed E-state index contributed by atoms with van der Waals surface area (Å²) in [6.07, 6.45) is 1.90. The fourth-order valence-corrected chi connectivity index (χ4v) is 4.53. The first kappa shape index (κ1) is 21.0. The number of hydrogen-bond donors (Lipinski definition) is 1. The summed E-state index contributed by atoms with van der Waals surface area (Å²) in [5.74, 6) is 0.422. The summed E-state index contributed by atoms with van der Waals surface area (Å²) in [5.41, 5.74) is 8.28. The third-order valence-electron chi connectivity index (χ3n) is 4.55. The molecule has 0 saturated heterocycles. The first-order valence-corrected chi connectivity index (χ1v) is 11.2. The van der Waals surface area contributed by atoms with Gasteiger partial charge in [-0.25, -0.2) is 14.8 Å². The van der Waals surface area contributed by atoms with E-state index in [0.717, 1.165) is 5.56 Å². The molecule has 2 aromatic carbocycles. The standard InChI is InChI=1S/C22H19N3O4S2/c1-27-13-10-7-11-14(18(13)28-2)29-21(26)19-16(23)15-17(12-8-5-4-6-9-12)24-22(30-3)25-20(15)31-19/h4-11H,23H2,1-3H3. The molecule has 0 spiro atoms. The summed E-state index contributed by atoms with van der Waals surface area (Å²) in [7, 11) is 3.00. The van der Waals surface area contributed by atoms with Gasteiger partial charge in [0, 0.05) is 5.56 Å². The molecule has 0 unspecified atom stereocenters. The number of thioether (sulfide) groups is 1. The normalized spacial score (nSPS) is 10.8. The molecule has 2 aromatic heterocycles. The molecule has 158 valence electrons. The van der Waals surface area contributed by atoms with Crippen LogP contribution in [0.15, 0.2) is 53.7 Å². The van der Waals surface area contributed by atoms with Crippen molar-refractivity contribution < 1.29 is 19.0 Å². The molecule has 0 aliphatic heterocycles. The highest BCUT2D eigenvalue weighted by molar-refractivity contribution is 7.98. The zero-order valence-electron chi connectivity index (χ0n) is 17.0. The van der Waals surface area contributed by atoms with Crippen molar-refractivity contribution in [2.75, 3.05) is 26.2 Å². The lowest BCUT2D eigenvalue weighted by Gasteiger charge is -2.12. The van der Waals surface area contributed by atoms with Gasteiger partial charge in [-0.1, -0.05) is 48.2 Å². The molecule has 0 atom stereocenters. The van der Waals surface area contributed by atoms with Gasteiger partial charge in [0.05, 0.1) is 31.0 Å². The number of para-hydroxylation sites is 1. The van der Waals surface area contributed by atoms with E-state index in [-0.39, 0.29) is 10.6 Å². The fourth-order valence-electron chi connectivity index (χ4n) is 3.13. The number of anilines is 1. The Bertz CT molecular complexity index is 1260. The molecule has 9 heteroatoms. The highest BCUT2D eigenvalue weighted by Gasteiger charge is 2.25. The molecule has 2 N–H and O–H groups in total. The number of benzene rings is 2. The number of esters is 1. The minimum absolute atomic E-state index is 0.239. The number of carbonyl (C=O) groups excluding carboxylic acids is 1. The first-order chi connectivity index (χ1) is 15.1. The second kappa shape index (κ2) is 8.83. The molecule has 0 aliphatic carbocycles. The van der Waals surface area contributed by atoms with Crippen LogP contribution in [-0.2, 0) is 0 Å². The molecule has 4 aromatic rings. The Morgan fingerprint density at radius 1 is 1.00 bits per heavy atom. The monoisotopic (exact) mass is 453 g/mol. The van der Waals surface area contributed by atoms with Crippen LogP contribution in [0.3, 0.4) is 0 Å². The van der Waals surface area contributed by atoms with E-state index in [1.807, 2.05) is 36.6 Å². The van der Waals surface area contributed by atoms with Crippen LogP contribution < -0.4 is 19.9 Å². The van der Waals surface area contributed by atoms with Crippen LogP contribution in [0.25, 0.3) is 21.5 Å². The van der Waals surface area contributed by atoms with Gasteiger partial charge in [0.1, 0.15) is 9.71 Å². The highest BCUT2D eigenvalue weighted by atomic mass is 32.2. The minimum atomic E-state index is -0.600. The molecule has 31 heavy (non-hydrogen) atoms. The molecular weight excluding hydrogens is 434 g/mol. The lowest BCUT2D eigenvalue weighted by molar-refractivity contribution is 0.0735. The maximum atomic E-state index is 13.0. The lowest BCUT2D eigenvalue weighted by Crippen LogP contribution is -2.10. The quantitative estimate of drug-likeness (QED) is 0.191. The Morgan fingerprint density at radius 2 is 1.74 bits per heavy atom. The van der Waals surface area contributed by atoms with Crippen LogP contribution in [0.2, 0.25) is 0 Å². The molecule has 7 nitrogen and oxygen atoms in total. The number of nitrogens with zero attached hydrogens (tertiary/aromatic N) is 2. The van der Waals surface area contributed by atoms with E-state index >= 15 is 0 Å².